The number of fused-ring (bicyclic) bond motifs is 9. The minimum absolute atomic E-state index is 0.104. The third kappa shape index (κ3) is 4.20. The van der Waals surface area contributed by atoms with Gasteiger partial charge in [0.1, 0.15) is 0 Å². The summed E-state index contributed by atoms with van der Waals surface area (Å²) < 4.78 is 0. The summed E-state index contributed by atoms with van der Waals surface area (Å²) in [7, 11) is 0. The monoisotopic (exact) mass is 637 g/mol. The third-order valence-electron chi connectivity index (χ3n) is 11.0. The van der Waals surface area contributed by atoms with E-state index in [9.17, 15) is 0 Å². The third-order valence-corrected chi connectivity index (χ3v) is 11.0. The van der Waals surface area contributed by atoms with Crippen LogP contribution in [0.5, 0.6) is 0 Å². The lowest BCUT2D eigenvalue weighted by atomic mass is 9.82. The summed E-state index contributed by atoms with van der Waals surface area (Å²) in [6, 6.07) is 65.0. The molecule has 0 fully saturated rings. The van der Waals surface area contributed by atoms with Crippen molar-refractivity contribution < 1.29 is 0 Å². The van der Waals surface area contributed by atoms with Crippen LogP contribution in [-0.2, 0) is 5.41 Å². The molecule has 0 bridgehead atoms. The first-order chi connectivity index (χ1) is 24.6. The Kier molecular flexibility index (Phi) is 6.29. The van der Waals surface area contributed by atoms with E-state index in [4.69, 9.17) is 0 Å². The highest BCUT2D eigenvalue weighted by Crippen LogP contribution is 2.55. The quantitative estimate of drug-likeness (QED) is 0.174. The molecule has 0 unspecified atom stereocenters. The van der Waals surface area contributed by atoms with Crippen LogP contribution in [0.3, 0.4) is 0 Å². The second-order valence-corrected chi connectivity index (χ2v) is 14.1. The van der Waals surface area contributed by atoms with Crippen LogP contribution in [0.2, 0.25) is 0 Å². The molecule has 1 nitrogen and oxygen atoms in total. The fourth-order valence-corrected chi connectivity index (χ4v) is 8.63. The van der Waals surface area contributed by atoms with Crippen LogP contribution < -0.4 is 4.90 Å². The molecular weight excluding hydrogens is 603 g/mol. The van der Waals surface area contributed by atoms with Gasteiger partial charge in [-0.05, 0) is 89.8 Å². The van der Waals surface area contributed by atoms with E-state index in [0.29, 0.717) is 0 Å². The zero-order valence-electron chi connectivity index (χ0n) is 28.2. The van der Waals surface area contributed by atoms with E-state index in [1.807, 2.05) is 0 Å². The summed E-state index contributed by atoms with van der Waals surface area (Å²) in [5.74, 6) is 0. The van der Waals surface area contributed by atoms with Crippen LogP contribution in [0, 0.1) is 0 Å². The Hall–Kier alpha value is -6.18. The molecule has 0 heterocycles. The van der Waals surface area contributed by atoms with Crippen molar-refractivity contribution in [3.63, 3.8) is 0 Å². The summed E-state index contributed by atoms with van der Waals surface area (Å²) >= 11 is 0. The van der Waals surface area contributed by atoms with Gasteiger partial charge in [-0.1, -0.05) is 166 Å². The van der Waals surface area contributed by atoms with Gasteiger partial charge in [-0.15, -0.1) is 0 Å². The van der Waals surface area contributed by atoms with Crippen LogP contribution >= 0.6 is 0 Å². The molecule has 0 aromatic heterocycles. The zero-order chi connectivity index (χ0) is 33.4. The van der Waals surface area contributed by atoms with E-state index in [1.54, 1.807) is 0 Å². The van der Waals surface area contributed by atoms with Gasteiger partial charge in [0, 0.05) is 22.1 Å². The van der Waals surface area contributed by atoms with Gasteiger partial charge in [0.2, 0.25) is 0 Å². The summed E-state index contributed by atoms with van der Waals surface area (Å²) in [6.07, 6.45) is 0. The standard InChI is InChI=1S/C49H35N/c1-49(2)43-22-10-9-20-41(43)48-44(49)23-12-24-45(48)50(36-28-25-34(26-29-36)38-21-11-16-32-13-3-6-17-37(32)38)46-31-35-15-5-8-19-40(35)47-39-18-7-4-14-33(39)27-30-42(46)47/h3-31H,1-2H3. The van der Waals surface area contributed by atoms with E-state index >= 15 is 0 Å². The van der Waals surface area contributed by atoms with Crippen LogP contribution in [-0.4, -0.2) is 0 Å². The largest absolute Gasteiger partial charge is 0.309 e. The van der Waals surface area contributed by atoms with Crippen molar-refractivity contribution in [3.8, 4) is 22.3 Å². The van der Waals surface area contributed by atoms with E-state index in [-0.39, 0.29) is 5.41 Å². The van der Waals surface area contributed by atoms with Crippen molar-refractivity contribution in [1.82, 2.24) is 0 Å². The highest BCUT2D eigenvalue weighted by molar-refractivity contribution is 6.24. The van der Waals surface area contributed by atoms with Crippen LogP contribution in [0.4, 0.5) is 17.1 Å². The molecule has 0 N–H and O–H groups in total. The van der Waals surface area contributed by atoms with Gasteiger partial charge in [0.15, 0.2) is 0 Å². The van der Waals surface area contributed by atoms with E-state index in [1.165, 1.54) is 87.8 Å². The van der Waals surface area contributed by atoms with Crippen molar-refractivity contribution in [2.45, 2.75) is 19.3 Å². The van der Waals surface area contributed by atoms with Gasteiger partial charge in [0.25, 0.3) is 0 Å². The predicted molar refractivity (Wildman–Crippen MR) is 214 cm³/mol. The average Bonchev–Trinajstić information content (AvgIpc) is 3.41. The van der Waals surface area contributed by atoms with Crippen molar-refractivity contribution in [2.24, 2.45) is 0 Å². The lowest BCUT2D eigenvalue weighted by Crippen LogP contribution is -2.16. The number of hydrogen-bond donors (Lipinski definition) is 0. The molecule has 0 radical (unpaired) electrons. The Morgan fingerprint density at radius 1 is 0.400 bits per heavy atom. The van der Waals surface area contributed by atoms with E-state index in [2.05, 4.69) is 195 Å². The Morgan fingerprint density at radius 2 is 0.980 bits per heavy atom. The first-order valence-corrected chi connectivity index (χ1v) is 17.5. The summed E-state index contributed by atoms with van der Waals surface area (Å²) in [6.45, 7) is 4.73. The highest BCUT2D eigenvalue weighted by atomic mass is 15.1. The first kappa shape index (κ1) is 28.8. The Balaban J connectivity index is 1.28. The second-order valence-electron chi connectivity index (χ2n) is 14.1. The fraction of sp³-hybridized carbons (Fsp3) is 0.0612. The number of nitrogens with zero attached hydrogens (tertiary/aromatic N) is 1. The molecule has 0 spiro atoms. The minimum Gasteiger partial charge on any atom is -0.309 e. The first-order valence-electron chi connectivity index (χ1n) is 17.5. The molecular formula is C49H35N. The van der Waals surface area contributed by atoms with Gasteiger partial charge in [-0.25, -0.2) is 0 Å². The minimum atomic E-state index is -0.104. The summed E-state index contributed by atoms with van der Waals surface area (Å²) in [5, 5.41) is 10.1. The maximum atomic E-state index is 2.52. The Morgan fingerprint density at radius 3 is 1.78 bits per heavy atom. The molecule has 1 heteroatoms. The van der Waals surface area contributed by atoms with E-state index < -0.39 is 0 Å². The van der Waals surface area contributed by atoms with Gasteiger partial charge in [-0.3, -0.25) is 0 Å². The van der Waals surface area contributed by atoms with Gasteiger partial charge < -0.3 is 4.90 Å². The molecule has 0 amide bonds. The van der Waals surface area contributed by atoms with Crippen molar-refractivity contribution in [1.29, 1.82) is 0 Å². The smallest absolute Gasteiger partial charge is 0.0546 e. The Labute approximate surface area is 292 Å². The number of rotatable bonds is 4. The molecule has 0 saturated carbocycles. The zero-order valence-corrected chi connectivity index (χ0v) is 28.2. The molecule has 10 rings (SSSR count). The lowest BCUT2D eigenvalue weighted by molar-refractivity contribution is 0.660. The second kappa shape index (κ2) is 10.9. The molecule has 1 aliphatic carbocycles. The highest BCUT2D eigenvalue weighted by Gasteiger charge is 2.38. The van der Waals surface area contributed by atoms with Crippen molar-refractivity contribution in [2.75, 3.05) is 4.90 Å². The molecule has 0 aliphatic heterocycles. The molecule has 1 aliphatic rings. The molecule has 236 valence electrons. The topological polar surface area (TPSA) is 3.24 Å². The maximum absolute atomic E-state index is 2.52. The molecule has 9 aromatic rings. The fourth-order valence-electron chi connectivity index (χ4n) is 8.63. The molecule has 0 atom stereocenters. The average molecular weight is 638 g/mol. The van der Waals surface area contributed by atoms with E-state index in [0.717, 1.165) is 5.69 Å². The molecule has 50 heavy (non-hydrogen) atoms. The number of hydrogen-bond acceptors (Lipinski definition) is 1. The number of anilines is 3. The van der Waals surface area contributed by atoms with Gasteiger partial charge in [0.05, 0.1) is 11.4 Å². The summed E-state index contributed by atoms with van der Waals surface area (Å²) in [4.78, 5) is 2.52. The molecule has 0 saturated heterocycles. The SMILES string of the molecule is CC1(C)c2ccccc2-c2c(N(c3ccc(-c4cccc5ccccc45)cc3)c3cc4ccccc4c4c3ccc3ccccc34)cccc21. The Bertz CT molecular complexity index is 2770. The van der Waals surface area contributed by atoms with Crippen molar-refractivity contribution in [3.05, 3.63) is 187 Å². The lowest BCUT2D eigenvalue weighted by Gasteiger charge is -2.30. The predicted octanol–water partition coefficient (Wildman–Crippen LogP) is 13.7. The van der Waals surface area contributed by atoms with Crippen LogP contribution in [0.25, 0.3) is 65.3 Å². The summed E-state index contributed by atoms with van der Waals surface area (Å²) in [5.41, 5.74) is 11.2. The van der Waals surface area contributed by atoms with Crippen LogP contribution in [0.1, 0.15) is 25.0 Å². The van der Waals surface area contributed by atoms with Crippen LogP contribution in [0.15, 0.2) is 176 Å². The van der Waals surface area contributed by atoms with Gasteiger partial charge >= 0.3 is 0 Å². The molecule has 9 aromatic carbocycles. The normalized spacial score (nSPS) is 13.2. The maximum Gasteiger partial charge on any atom is 0.0546 e. The van der Waals surface area contributed by atoms with Gasteiger partial charge in [-0.2, -0.15) is 0 Å². The van der Waals surface area contributed by atoms with Crippen molar-refractivity contribution >= 4 is 60.2 Å². The number of benzene rings is 9.